The molecule has 2 heterocycles. The summed E-state index contributed by atoms with van der Waals surface area (Å²) in [6.45, 7) is 6.61. The first kappa shape index (κ1) is 30.8. The van der Waals surface area contributed by atoms with Gasteiger partial charge in [-0.05, 0) is 34.6 Å². The minimum atomic E-state index is -3.19. The van der Waals surface area contributed by atoms with Gasteiger partial charge in [0.05, 0.1) is 0 Å². The molecule has 0 bridgehead atoms. The zero-order valence-corrected chi connectivity index (χ0v) is 28.3. The molecule has 0 saturated carbocycles. The number of benzene rings is 5. The Morgan fingerprint density at radius 3 is 2.02 bits per heavy atom. The first-order valence-corrected chi connectivity index (χ1v) is 16.4. The average molecular weight is 786 g/mol. The van der Waals surface area contributed by atoms with Crippen LogP contribution in [0.5, 0.6) is 11.5 Å². The van der Waals surface area contributed by atoms with E-state index in [1.165, 1.54) is 5.56 Å². The second-order valence-corrected chi connectivity index (χ2v) is 14.6. The van der Waals surface area contributed by atoms with Gasteiger partial charge in [0, 0.05) is 33.8 Å². The maximum atomic E-state index is 14.9. The predicted octanol–water partition coefficient (Wildman–Crippen LogP) is 8.51. The van der Waals surface area contributed by atoms with Crippen LogP contribution in [0.3, 0.4) is 0 Å². The second-order valence-electron chi connectivity index (χ2n) is 11.9. The van der Waals surface area contributed by atoms with Crippen molar-refractivity contribution in [2.75, 3.05) is 0 Å². The molecule has 0 atom stereocenters. The smallest absolute Gasteiger partial charge is 0.509 e. The molecule has 0 spiro atoms. The summed E-state index contributed by atoms with van der Waals surface area (Å²) in [5.74, 6) is 1.84. The Hall–Kier alpha value is -4.23. The molecule has 6 heteroatoms. The number of ether oxygens (including phenoxy) is 1. The Labute approximate surface area is 278 Å². The van der Waals surface area contributed by atoms with Crippen molar-refractivity contribution < 1.29 is 30.4 Å². The summed E-state index contributed by atoms with van der Waals surface area (Å²) in [7, 11) is -3.19. The van der Waals surface area contributed by atoms with Crippen molar-refractivity contribution in [1.82, 2.24) is 9.55 Å². The summed E-state index contributed by atoms with van der Waals surface area (Å²) in [5.41, 5.74) is 3.11. The van der Waals surface area contributed by atoms with Crippen LogP contribution in [0, 0.1) is 12.1 Å². The first-order chi connectivity index (χ1) is 21.3. The zero-order valence-electron chi connectivity index (χ0n) is 25.2. The molecule has 0 aliphatic rings. The summed E-state index contributed by atoms with van der Waals surface area (Å²) >= 11 is 0. The molecule has 5 aromatic carbocycles. The van der Waals surface area contributed by atoms with Crippen molar-refractivity contribution in [2.45, 2.75) is 26.2 Å². The minimum Gasteiger partial charge on any atom is -0.509 e. The number of hydrogen-bond donors (Lipinski definition) is 0. The van der Waals surface area contributed by atoms with E-state index in [-0.39, 0.29) is 26.5 Å². The Morgan fingerprint density at radius 1 is 0.689 bits per heavy atom. The minimum absolute atomic E-state index is 0. The van der Waals surface area contributed by atoms with Gasteiger partial charge in [0.1, 0.15) is 13.0 Å². The maximum Gasteiger partial charge on any atom is 2.00 e. The van der Waals surface area contributed by atoms with E-state index in [1.807, 2.05) is 103 Å². The summed E-state index contributed by atoms with van der Waals surface area (Å²) < 4.78 is 23.4. The van der Waals surface area contributed by atoms with Crippen LogP contribution in [-0.4, -0.2) is 9.55 Å². The van der Waals surface area contributed by atoms with Gasteiger partial charge in [-0.2, -0.15) is 18.2 Å². The molecule has 0 aliphatic heterocycles. The number of nitrogens with zero attached hydrogens (tertiary/aromatic N) is 2. The molecule has 2 aromatic heterocycles. The summed E-state index contributed by atoms with van der Waals surface area (Å²) in [4.78, 5) is 4.77. The Balaban J connectivity index is 0.00000357. The van der Waals surface area contributed by atoms with Crippen molar-refractivity contribution in [3.8, 4) is 17.3 Å². The quantitative estimate of drug-likeness (QED) is 0.126. The van der Waals surface area contributed by atoms with Gasteiger partial charge in [0.15, 0.2) is 0 Å². The molecule has 0 unspecified atom stereocenters. The number of para-hydroxylation sites is 1. The van der Waals surface area contributed by atoms with E-state index in [2.05, 4.69) is 67.8 Å². The number of rotatable bonds is 6. The van der Waals surface area contributed by atoms with Gasteiger partial charge < -0.3 is 13.9 Å². The van der Waals surface area contributed by atoms with Crippen molar-refractivity contribution in [2.24, 2.45) is 0 Å². The van der Waals surface area contributed by atoms with Gasteiger partial charge in [-0.15, -0.1) is 29.7 Å². The van der Waals surface area contributed by atoms with Crippen molar-refractivity contribution >= 4 is 44.9 Å². The number of hydrogen-bond acceptors (Lipinski definition) is 3. The van der Waals surface area contributed by atoms with E-state index in [0.717, 1.165) is 38.2 Å². The van der Waals surface area contributed by atoms with E-state index in [9.17, 15) is 4.57 Å². The second kappa shape index (κ2) is 12.3. The maximum absolute atomic E-state index is 14.9. The molecule has 7 aromatic rings. The van der Waals surface area contributed by atoms with E-state index >= 15 is 0 Å². The fourth-order valence-corrected chi connectivity index (χ4v) is 8.28. The third kappa shape index (κ3) is 5.70. The monoisotopic (exact) mass is 785 g/mol. The molecule has 0 saturated heterocycles. The molecule has 4 nitrogen and oxygen atoms in total. The van der Waals surface area contributed by atoms with Gasteiger partial charge in [0.2, 0.25) is 0 Å². The topological polar surface area (TPSA) is 44.1 Å². The first-order valence-electron chi connectivity index (χ1n) is 14.7. The summed E-state index contributed by atoms with van der Waals surface area (Å²) in [6.07, 6.45) is 1.87. The molecular weight excluding hydrogens is 754 g/mol. The van der Waals surface area contributed by atoms with Crippen LogP contribution in [0.25, 0.3) is 27.6 Å². The molecule has 0 aliphatic carbocycles. The van der Waals surface area contributed by atoms with Gasteiger partial charge >= 0.3 is 21.1 Å². The largest absolute Gasteiger partial charge is 2.00 e. The van der Waals surface area contributed by atoms with Crippen LogP contribution in [0.4, 0.5) is 0 Å². The Kier molecular flexibility index (Phi) is 8.40. The van der Waals surface area contributed by atoms with Crippen molar-refractivity contribution in [3.05, 3.63) is 151 Å². The number of fused-ring (bicyclic) bond motifs is 3. The van der Waals surface area contributed by atoms with E-state index in [4.69, 9.17) is 9.72 Å². The predicted molar refractivity (Wildman–Crippen MR) is 181 cm³/mol. The molecule has 0 amide bonds. The van der Waals surface area contributed by atoms with E-state index in [1.54, 1.807) is 0 Å². The van der Waals surface area contributed by atoms with E-state index < -0.39 is 7.14 Å². The van der Waals surface area contributed by atoms with Crippen LogP contribution < -0.4 is 20.7 Å². The zero-order chi connectivity index (χ0) is 30.3. The number of pyridine rings is 1. The van der Waals surface area contributed by atoms with Gasteiger partial charge in [-0.25, -0.2) is 4.98 Å². The molecule has 224 valence electrons. The summed E-state index contributed by atoms with van der Waals surface area (Å²) in [6, 6.07) is 48.2. The summed E-state index contributed by atoms with van der Waals surface area (Å²) in [5, 5.41) is 4.27. The standard InChI is InChI=1S/C39H31N2O2P.Pt/c1-39(2,3)28-23-24-40-38(25-28)41-36-20-11-10-19-34(36)35-22-21-30(27-37(35)41)43-29-13-12-18-33(26-29)44(42,31-14-6-4-7-15-31)32-16-8-5-9-17-32;/h4-25H,1-3H3;/q-2;+2. The molecule has 0 fully saturated rings. The third-order valence-electron chi connectivity index (χ3n) is 7.95. The number of aromatic nitrogens is 2. The molecule has 45 heavy (non-hydrogen) atoms. The normalized spacial score (nSPS) is 11.8. The van der Waals surface area contributed by atoms with Gasteiger partial charge in [-0.3, -0.25) is 0 Å². The third-order valence-corrected chi connectivity index (χ3v) is 10.9. The van der Waals surface area contributed by atoms with E-state index in [0.29, 0.717) is 16.8 Å². The van der Waals surface area contributed by atoms with Crippen LogP contribution >= 0.6 is 7.14 Å². The average Bonchev–Trinajstić information content (AvgIpc) is 3.38. The van der Waals surface area contributed by atoms with Gasteiger partial charge in [-0.1, -0.05) is 110 Å². The fraction of sp³-hybridized carbons (Fsp3) is 0.103. The SMILES string of the molecule is CC(C)(C)c1ccnc(-n2c3[c-]c(Oc4[c-]c(P(=O)(c5ccccc5)c5ccccc5)ccc4)ccc3c3ccccc32)c1.[Pt+2]. The van der Waals surface area contributed by atoms with Crippen LogP contribution in [-0.2, 0) is 31.0 Å². The van der Waals surface area contributed by atoms with Crippen LogP contribution in [0.15, 0.2) is 134 Å². The fourth-order valence-electron chi connectivity index (χ4n) is 5.68. The molecule has 0 radical (unpaired) electrons. The molecule has 0 N–H and O–H groups in total. The molecule has 7 rings (SSSR count). The van der Waals surface area contributed by atoms with Crippen molar-refractivity contribution in [3.63, 3.8) is 0 Å². The molecular formula is C39H31N2O2PPt. The van der Waals surface area contributed by atoms with Crippen LogP contribution in [0.1, 0.15) is 26.3 Å². The Morgan fingerprint density at radius 2 is 1.33 bits per heavy atom. The Bertz CT molecular complexity index is 2130. The van der Waals surface area contributed by atoms with Gasteiger partial charge in [0.25, 0.3) is 0 Å². The van der Waals surface area contributed by atoms with Crippen molar-refractivity contribution in [1.29, 1.82) is 0 Å². The van der Waals surface area contributed by atoms with Crippen LogP contribution in [0.2, 0.25) is 0 Å².